The quantitative estimate of drug-likeness (QED) is 0.118. The fourth-order valence-corrected chi connectivity index (χ4v) is 9.68. The Morgan fingerprint density at radius 3 is 1.48 bits per heavy atom. The standard InChI is InChI=1S/C22H24F2N4O4S.C21H27N3O4S/c23-20(24)22-26-25-21(32-22)18-8-6-17(7-9-18)16-28(19-4-2-1-3-5-19)33(29,30)15-12-27-10-13-31-14-11-27;22-16-21(25)19-8-6-18(7-9-19)17-24(20-4-2-1-3-5-20)29(26,27)15-12-23-10-13-28-14-11-23/h1-9,20H,10-16H2;1-9H,10-17,22H2. The number of Topliss-reactive ketones (excluding diaryl/α,β-unsaturated/α-hetero) is 1. The van der Waals surface area contributed by atoms with Crippen molar-refractivity contribution in [2.75, 3.05) is 92.4 Å². The molecule has 2 aliphatic rings. The van der Waals surface area contributed by atoms with E-state index in [-0.39, 0.29) is 42.8 Å². The van der Waals surface area contributed by atoms with Gasteiger partial charge in [0.25, 0.3) is 5.89 Å². The van der Waals surface area contributed by atoms with Crippen LogP contribution in [0.5, 0.6) is 0 Å². The molecule has 62 heavy (non-hydrogen) atoms. The molecule has 1 aromatic heterocycles. The molecule has 2 fully saturated rings. The molecule has 332 valence electrons. The van der Waals surface area contributed by atoms with E-state index in [0.717, 1.165) is 24.2 Å². The van der Waals surface area contributed by atoms with Crippen LogP contribution in [0.15, 0.2) is 114 Å². The highest BCUT2D eigenvalue weighted by molar-refractivity contribution is 7.93. The molecular weight excluding hydrogens is 845 g/mol. The van der Waals surface area contributed by atoms with E-state index in [1.165, 1.54) is 8.61 Å². The number of alkyl halides is 2. The van der Waals surface area contributed by atoms with Crippen molar-refractivity contribution in [3.63, 3.8) is 0 Å². The number of benzene rings is 4. The van der Waals surface area contributed by atoms with Crippen LogP contribution in [0.4, 0.5) is 20.2 Å². The molecule has 15 nitrogen and oxygen atoms in total. The minimum absolute atomic E-state index is 0.0155. The lowest BCUT2D eigenvalue weighted by Crippen LogP contribution is -2.42. The molecule has 0 amide bonds. The Bertz CT molecular complexity index is 2370. The molecule has 0 atom stereocenters. The van der Waals surface area contributed by atoms with Crippen molar-refractivity contribution in [3.8, 4) is 11.5 Å². The maximum absolute atomic E-state index is 13.3. The van der Waals surface area contributed by atoms with E-state index in [1.54, 1.807) is 84.9 Å². The first-order valence-electron chi connectivity index (χ1n) is 20.2. The van der Waals surface area contributed by atoms with Crippen LogP contribution in [0.25, 0.3) is 11.5 Å². The summed E-state index contributed by atoms with van der Waals surface area (Å²) in [5.74, 6) is -0.885. The van der Waals surface area contributed by atoms with Gasteiger partial charge in [-0.2, -0.15) is 8.78 Å². The first-order valence-corrected chi connectivity index (χ1v) is 23.4. The van der Waals surface area contributed by atoms with E-state index in [9.17, 15) is 30.4 Å². The minimum atomic E-state index is -3.61. The van der Waals surface area contributed by atoms with E-state index in [1.807, 2.05) is 24.3 Å². The molecule has 0 aliphatic carbocycles. The summed E-state index contributed by atoms with van der Waals surface area (Å²) in [7, 11) is -7.16. The van der Waals surface area contributed by atoms with E-state index in [4.69, 9.17) is 19.6 Å². The van der Waals surface area contributed by atoms with Gasteiger partial charge in [-0.3, -0.25) is 23.2 Å². The molecular formula is C43H51F2N7O8S2. The third kappa shape index (κ3) is 13.2. The lowest BCUT2D eigenvalue weighted by molar-refractivity contribution is 0.0407. The van der Waals surface area contributed by atoms with Gasteiger partial charge in [0, 0.05) is 50.4 Å². The maximum Gasteiger partial charge on any atom is 0.314 e. The molecule has 0 bridgehead atoms. The molecule has 2 N–H and O–H groups in total. The van der Waals surface area contributed by atoms with Crippen molar-refractivity contribution in [1.82, 2.24) is 20.0 Å². The predicted molar refractivity (Wildman–Crippen MR) is 232 cm³/mol. The third-order valence-corrected chi connectivity index (χ3v) is 13.7. The Morgan fingerprint density at radius 1 is 0.645 bits per heavy atom. The number of halogens is 2. The number of carbonyl (C=O) groups is 1. The topological polar surface area (TPSA) is 182 Å². The monoisotopic (exact) mass is 895 g/mol. The summed E-state index contributed by atoms with van der Waals surface area (Å²) in [6.07, 6.45) is -2.84. The zero-order chi connectivity index (χ0) is 44.0. The zero-order valence-corrected chi connectivity index (χ0v) is 35.8. The molecule has 0 unspecified atom stereocenters. The highest BCUT2D eigenvalue weighted by atomic mass is 32.2. The van der Waals surface area contributed by atoms with Crippen LogP contribution in [-0.4, -0.2) is 126 Å². The van der Waals surface area contributed by atoms with Crippen molar-refractivity contribution in [2.45, 2.75) is 19.5 Å². The van der Waals surface area contributed by atoms with Gasteiger partial charge in [-0.25, -0.2) is 16.8 Å². The summed E-state index contributed by atoms with van der Waals surface area (Å²) >= 11 is 0. The SMILES string of the molecule is NCC(=O)c1ccc(CN(c2ccccc2)S(=O)(=O)CCN2CCOCC2)cc1.O=S(=O)(CCN1CCOCC1)N(Cc1ccc(-c2nnc(C(F)F)o2)cc1)c1ccccc1. The van der Waals surface area contributed by atoms with Gasteiger partial charge in [0.2, 0.25) is 25.9 Å². The molecule has 2 aliphatic heterocycles. The number of carbonyl (C=O) groups excluding carboxylic acids is 1. The molecule has 0 saturated carbocycles. The van der Waals surface area contributed by atoms with Gasteiger partial charge in [-0.05, 0) is 47.5 Å². The van der Waals surface area contributed by atoms with Crippen LogP contribution >= 0.6 is 0 Å². The van der Waals surface area contributed by atoms with E-state index in [0.29, 0.717) is 75.1 Å². The smallest absolute Gasteiger partial charge is 0.314 e. The first kappa shape index (κ1) is 46.4. The average Bonchev–Trinajstić information content (AvgIpc) is 3.82. The van der Waals surface area contributed by atoms with Crippen LogP contribution in [0.2, 0.25) is 0 Å². The summed E-state index contributed by atoms with van der Waals surface area (Å²) < 4.78 is 96.8. The molecule has 4 aromatic carbocycles. The number of morpholine rings is 2. The van der Waals surface area contributed by atoms with Crippen LogP contribution in [0.3, 0.4) is 0 Å². The zero-order valence-electron chi connectivity index (χ0n) is 34.2. The Balaban J connectivity index is 0.000000209. The van der Waals surface area contributed by atoms with E-state index in [2.05, 4.69) is 20.0 Å². The predicted octanol–water partition coefficient (Wildman–Crippen LogP) is 4.84. The molecule has 0 spiro atoms. The Labute approximate surface area is 361 Å². The van der Waals surface area contributed by atoms with E-state index >= 15 is 0 Å². The third-order valence-electron chi connectivity index (χ3n) is 10.2. The van der Waals surface area contributed by atoms with Gasteiger partial charge in [-0.15, -0.1) is 10.2 Å². The minimum Gasteiger partial charge on any atom is -0.415 e. The number of ketones is 1. The van der Waals surface area contributed by atoms with Crippen molar-refractivity contribution in [3.05, 3.63) is 132 Å². The second kappa shape index (κ2) is 22.3. The number of ether oxygens (including phenoxy) is 2. The van der Waals surface area contributed by atoms with Crippen molar-refractivity contribution < 1.29 is 44.3 Å². The summed E-state index contributed by atoms with van der Waals surface area (Å²) in [4.78, 5) is 15.9. The number of aromatic nitrogens is 2. The van der Waals surface area contributed by atoms with Gasteiger partial charge in [-0.1, -0.05) is 72.8 Å². The molecule has 5 aromatic rings. The number of anilines is 2. The number of nitrogens with two attached hydrogens (primary N) is 1. The first-order chi connectivity index (χ1) is 29.9. The van der Waals surface area contributed by atoms with Gasteiger partial charge in [0.15, 0.2) is 5.78 Å². The number of sulfonamides is 2. The van der Waals surface area contributed by atoms with Crippen LogP contribution in [0, 0.1) is 0 Å². The van der Waals surface area contributed by atoms with Gasteiger partial charge < -0.3 is 19.6 Å². The largest absolute Gasteiger partial charge is 0.415 e. The maximum atomic E-state index is 13.3. The highest BCUT2D eigenvalue weighted by Crippen LogP contribution is 2.26. The molecule has 3 heterocycles. The van der Waals surface area contributed by atoms with Gasteiger partial charge in [0.05, 0.1) is 68.9 Å². The van der Waals surface area contributed by atoms with Crippen LogP contribution < -0.4 is 14.3 Å². The number of hydrogen-bond acceptors (Lipinski definition) is 13. The molecule has 2 saturated heterocycles. The lowest BCUT2D eigenvalue weighted by atomic mass is 10.1. The summed E-state index contributed by atoms with van der Waals surface area (Å²) in [5, 5.41) is 6.97. The second-order valence-corrected chi connectivity index (χ2v) is 18.5. The molecule has 19 heteroatoms. The Hall–Kier alpha value is -5.15. The lowest BCUT2D eigenvalue weighted by Gasteiger charge is -2.29. The van der Waals surface area contributed by atoms with E-state index < -0.39 is 32.4 Å². The normalized spacial score (nSPS) is 15.2. The fourth-order valence-electron chi connectivity index (χ4n) is 6.69. The average molecular weight is 896 g/mol. The van der Waals surface area contributed by atoms with Crippen LogP contribution in [0.1, 0.15) is 33.8 Å². The number of hydrogen-bond donors (Lipinski definition) is 1. The van der Waals surface area contributed by atoms with Gasteiger partial charge in [0.1, 0.15) is 0 Å². The number of nitrogens with zero attached hydrogens (tertiary/aromatic N) is 6. The summed E-state index contributed by atoms with van der Waals surface area (Å²) in [6, 6.07) is 31.6. The fraction of sp³-hybridized carbons (Fsp3) is 0.372. The summed E-state index contributed by atoms with van der Waals surface area (Å²) in [5.41, 5.74) is 9.12. The highest BCUT2D eigenvalue weighted by Gasteiger charge is 2.26. The van der Waals surface area contributed by atoms with Crippen molar-refractivity contribution in [1.29, 1.82) is 0 Å². The summed E-state index contributed by atoms with van der Waals surface area (Å²) in [6.45, 7) is 6.58. The Kier molecular flexibility index (Phi) is 16.7. The second-order valence-electron chi connectivity index (χ2n) is 14.5. The number of para-hydroxylation sites is 2. The molecule has 7 rings (SSSR count). The van der Waals surface area contributed by atoms with Crippen molar-refractivity contribution in [2.24, 2.45) is 5.73 Å². The number of rotatable bonds is 18. The Morgan fingerprint density at radius 2 is 1.08 bits per heavy atom. The molecule has 0 radical (unpaired) electrons. The van der Waals surface area contributed by atoms with Crippen molar-refractivity contribution >= 4 is 37.2 Å². The van der Waals surface area contributed by atoms with Gasteiger partial charge >= 0.3 is 6.43 Å². The van der Waals surface area contributed by atoms with Crippen LogP contribution in [-0.2, 0) is 42.6 Å².